The monoisotopic (exact) mass is 633 g/mol. The predicted octanol–water partition coefficient (Wildman–Crippen LogP) is 6.71. The van der Waals surface area contributed by atoms with Crippen molar-refractivity contribution >= 4 is 56.4 Å². The van der Waals surface area contributed by atoms with Crippen LogP contribution in [0.4, 0.5) is 5.69 Å². The smallest absolute Gasteiger partial charge is 0.253 e. The summed E-state index contributed by atoms with van der Waals surface area (Å²) in [4.78, 5) is 17.4. The summed E-state index contributed by atoms with van der Waals surface area (Å²) < 4.78 is 26.7. The van der Waals surface area contributed by atoms with Gasteiger partial charge in [0.1, 0.15) is 0 Å². The molecule has 3 aromatic rings. The van der Waals surface area contributed by atoms with Gasteiger partial charge in [0.15, 0.2) is 0 Å². The van der Waals surface area contributed by atoms with Crippen molar-refractivity contribution in [3.05, 3.63) is 98.5 Å². The summed E-state index contributed by atoms with van der Waals surface area (Å²) in [5.41, 5.74) is 3.37. The number of carbonyl (C=O) groups excluding carboxylic acids is 1. The van der Waals surface area contributed by atoms with Gasteiger partial charge in [-0.3, -0.25) is 9.10 Å². The lowest BCUT2D eigenvalue weighted by atomic mass is 9.74. The zero-order chi connectivity index (χ0) is 29.4. The van der Waals surface area contributed by atoms with Gasteiger partial charge in [0, 0.05) is 42.1 Å². The van der Waals surface area contributed by atoms with E-state index < -0.39 is 10.0 Å². The largest absolute Gasteiger partial charge is 0.341 e. The third-order valence-corrected chi connectivity index (χ3v) is 10.6. The Morgan fingerprint density at radius 2 is 1.71 bits per heavy atom. The molecule has 1 spiro atoms. The minimum absolute atomic E-state index is 0.0433. The number of hydrogen-bond acceptors (Lipinski definition) is 4. The second-order valence-corrected chi connectivity index (χ2v) is 14.4. The molecule has 0 N–H and O–H groups in total. The number of sulfonamides is 1. The first-order chi connectivity index (χ1) is 19.5. The van der Waals surface area contributed by atoms with Crippen LogP contribution in [0.5, 0.6) is 0 Å². The third kappa shape index (κ3) is 6.55. The predicted molar refractivity (Wildman–Crippen MR) is 168 cm³/mol. The molecule has 1 saturated heterocycles. The van der Waals surface area contributed by atoms with Crippen molar-refractivity contribution in [1.29, 1.82) is 0 Å². The Labute approximate surface area is 257 Å². The molecule has 1 amide bonds. The number of halogens is 3. The molecule has 10 heteroatoms. The van der Waals surface area contributed by atoms with Gasteiger partial charge in [-0.2, -0.15) is 0 Å². The van der Waals surface area contributed by atoms with Crippen molar-refractivity contribution < 1.29 is 13.2 Å². The number of para-hydroxylation sites is 1. The van der Waals surface area contributed by atoms with E-state index in [2.05, 4.69) is 11.0 Å². The van der Waals surface area contributed by atoms with Crippen LogP contribution in [0.3, 0.4) is 0 Å². The van der Waals surface area contributed by atoms with Crippen LogP contribution < -0.4 is 4.31 Å². The standard InChI is InChI=1S/C31H34Cl3N3O3S/c1-35(30(38)23-6-5-7-25(32)18-23)20-24(22-10-11-27(33)28(34)19-22)12-15-36-16-13-31(14-17-36)21-37(41(2,39)40)29-9-4-3-8-26(29)31/h3-11,18-19,24H,12-17,20-21H2,1-2H3. The Hall–Kier alpha value is -2.29. The maximum Gasteiger partial charge on any atom is 0.253 e. The van der Waals surface area contributed by atoms with Crippen molar-refractivity contribution in [1.82, 2.24) is 9.80 Å². The van der Waals surface area contributed by atoms with Crippen molar-refractivity contribution in [3.63, 3.8) is 0 Å². The van der Waals surface area contributed by atoms with Gasteiger partial charge in [0.05, 0.1) is 22.0 Å². The lowest BCUT2D eigenvalue weighted by molar-refractivity contribution is 0.0780. The molecule has 6 nitrogen and oxygen atoms in total. The number of likely N-dealkylation sites (tertiary alicyclic amines) is 1. The Morgan fingerprint density at radius 3 is 2.39 bits per heavy atom. The average molecular weight is 635 g/mol. The molecule has 3 aromatic carbocycles. The third-order valence-electron chi connectivity index (χ3n) is 8.53. The molecule has 0 aliphatic carbocycles. The molecule has 1 unspecified atom stereocenters. The fourth-order valence-electron chi connectivity index (χ4n) is 6.24. The Bertz CT molecular complexity index is 1540. The normalized spacial score (nSPS) is 17.4. The summed E-state index contributed by atoms with van der Waals surface area (Å²) in [6.45, 7) is 3.60. The molecule has 0 aromatic heterocycles. The van der Waals surface area contributed by atoms with Gasteiger partial charge in [0.2, 0.25) is 10.0 Å². The molecular formula is C31H34Cl3N3O3S. The number of carbonyl (C=O) groups is 1. The fraction of sp³-hybridized carbons (Fsp3) is 0.387. The van der Waals surface area contributed by atoms with E-state index in [9.17, 15) is 13.2 Å². The molecule has 0 radical (unpaired) electrons. The number of hydrogen-bond donors (Lipinski definition) is 0. The van der Waals surface area contributed by atoms with Crippen LogP contribution in [0.2, 0.25) is 15.1 Å². The van der Waals surface area contributed by atoms with E-state index in [0.29, 0.717) is 33.7 Å². The van der Waals surface area contributed by atoms with Gasteiger partial charge in [-0.15, -0.1) is 0 Å². The quantitative estimate of drug-likeness (QED) is 0.277. The number of nitrogens with zero attached hydrogens (tertiary/aromatic N) is 3. The summed E-state index contributed by atoms with van der Waals surface area (Å²) in [5, 5.41) is 1.52. The highest BCUT2D eigenvalue weighted by Crippen LogP contribution is 2.47. The van der Waals surface area contributed by atoms with E-state index in [4.69, 9.17) is 34.8 Å². The van der Waals surface area contributed by atoms with E-state index in [0.717, 1.165) is 55.7 Å². The minimum Gasteiger partial charge on any atom is -0.341 e. The maximum atomic E-state index is 13.2. The highest BCUT2D eigenvalue weighted by atomic mass is 35.5. The molecule has 1 atom stereocenters. The minimum atomic E-state index is -3.34. The van der Waals surface area contributed by atoms with E-state index in [1.807, 2.05) is 37.4 Å². The summed E-state index contributed by atoms with van der Waals surface area (Å²) >= 11 is 18.7. The van der Waals surface area contributed by atoms with Crippen LogP contribution in [0, 0.1) is 0 Å². The number of likely N-dealkylation sites (N-methyl/N-ethyl adjacent to an activating group) is 1. The number of anilines is 1. The highest BCUT2D eigenvalue weighted by molar-refractivity contribution is 7.92. The number of rotatable bonds is 8. The molecule has 2 aliphatic rings. The average Bonchev–Trinajstić information content (AvgIpc) is 3.27. The van der Waals surface area contributed by atoms with E-state index in [1.54, 1.807) is 39.5 Å². The van der Waals surface area contributed by atoms with Crippen LogP contribution >= 0.6 is 34.8 Å². The highest BCUT2D eigenvalue weighted by Gasteiger charge is 2.46. The molecule has 0 saturated carbocycles. The summed E-state index contributed by atoms with van der Waals surface area (Å²) in [6, 6.07) is 20.6. The van der Waals surface area contributed by atoms with Crippen molar-refractivity contribution in [2.45, 2.75) is 30.6 Å². The first-order valence-electron chi connectivity index (χ1n) is 13.7. The zero-order valence-electron chi connectivity index (χ0n) is 23.2. The lowest BCUT2D eigenvalue weighted by Crippen LogP contribution is -2.46. The molecule has 41 heavy (non-hydrogen) atoms. The van der Waals surface area contributed by atoms with Gasteiger partial charge in [-0.25, -0.2) is 8.42 Å². The second-order valence-electron chi connectivity index (χ2n) is 11.3. The summed E-state index contributed by atoms with van der Waals surface area (Å²) in [5.74, 6) is -0.0467. The molecule has 2 heterocycles. The molecule has 5 rings (SSSR count). The fourth-order valence-corrected chi connectivity index (χ4v) is 7.73. The summed E-state index contributed by atoms with van der Waals surface area (Å²) in [6.07, 6.45) is 3.89. The summed E-state index contributed by atoms with van der Waals surface area (Å²) in [7, 11) is -1.54. The number of amides is 1. The van der Waals surface area contributed by atoms with Gasteiger partial charge in [0.25, 0.3) is 5.91 Å². The van der Waals surface area contributed by atoms with Crippen molar-refractivity contribution in [2.24, 2.45) is 0 Å². The van der Waals surface area contributed by atoms with Gasteiger partial charge >= 0.3 is 0 Å². The Balaban J connectivity index is 1.28. The van der Waals surface area contributed by atoms with E-state index >= 15 is 0 Å². The molecule has 218 valence electrons. The van der Waals surface area contributed by atoms with Crippen LogP contribution in [-0.2, 0) is 15.4 Å². The van der Waals surface area contributed by atoms with E-state index in [1.165, 1.54) is 6.26 Å². The number of fused-ring (bicyclic) bond motifs is 2. The molecular weight excluding hydrogens is 601 g/mol. The van der Waals surface area contributed by atoms with Gasteiger partial charge in [-0.05, 0) is 86.4 Å². The SMILES string of the molecule is CN(CC(CCN1CCC2(CC1)CN(S(C)(=O)=O)c1ccccc12)c1ccc(Cl)c(Cl)c1)C(=O)c1cccc(Cl)c1. The van der Waals surface area contributed by atoms with Gasteiger partial charge in [-0.1, -0.05) is 65.1 Å². The van der Waals surface area contributed by atoms with Crippen molar-refractivity contribution in [3.8, 4) is 0 Å². The first-order valence-corrected chi connectivity index (χ1v) is 16.7. The first kappa shape index (κ1) is 30.2. The van der Waals surface area contributed by atoms with Crippen LogP contribution in [-0.4, -0.2) is 70.2 Å². The maximum absolute atomic E-state index is 13.2. The topological polar surface area (TPSA) is 60.9 Å². The number of piperidine rings is 1. The zero-order valence-corrected chi connectivity index (χ0v) is 26.3. The second kappa shape index (κ2) is 12.1. The van der Waals surface area contributed by atoms with Crippen LogP contribution in [0.25, 0.3) is 0 Å². The van der Waals surface area contributed by atoms with Crippen LogP contribution in [0.15, 0.2) is 66.7 Å². The van der Waals surface area contributed by atoms with Gasteiger partial charge < -0.3 is 9.80 Å². The Kier molecular flexibility index (Phi) is 8.93. The molecule has 2 aliphatic heterocycles. The lowest BCUT2D eigenvalue weighted by Gasteiger charge is -2.40. The number of benzene rings is 3. The van der Waals surface area contributed by atoms with Crippen molar-refractivity contribution in [2.75, 3.05) is 50.3 Å². The van der Waals surface area contributed by atoms with Crippen LogP contribution in [0.1, 0.15) is 46.7 Å². The van der Waals surface area contributed by atoms with E-state index in [-0.39, 0.29) is 17.2 Å². The Morgan fingerprint density at radius 1 is 0.976 bits per heavy atom. The molecule has 0 bridgehead atoms. The molecule has 1 fully saturated rings.